The number of alkyl halides is 1. The smallest absolute Gasteiger partial charge is 0.456 e. The number of Topliss-reactive ketones (excluding diaryl/α,β-unsaturated/α-hetero) is 2. The van der Waals surface area contributed by atoms with Crippen LogP contribution in [0, 0.1) is 23.2 Å². The topological polar surface area (TPSA) is 164 Å². The minimum atomic E-state index is -3.05. The molecule has 1 N–H and O–H groups in total. The number of ether oxygens (including phenoxy) is 6. The number of esters is 2. The van der Waals surface area contributed by atoms with Crippen molar-refractivity contribution in [1.29, 1.82) is 0 Å². The van der Waals surface area contributed by atoms with E-state index < -0.39 is 101 Å². The lowest BCUT2D eigenvalue weighted by molar-refractivity contribution is -0.293. The Balaban J connectivity index is 2.21. The first kappa shape index (κ1) is 39.8. The van der Waals surface area contributed by atoms with Crippen molar-refractivity contribution in [2.45, 2.75) is 149 Å². The zero-order valence-electron chi connectivity index (χ0n) is 30.2. The lowest BCUT2D eigenvalue weighted by atomic mass is 9.66. The van der Waals surface area contributed by atoms with E-state index in [0.717, 1.165) is 6.92 Å². The van der Waals surface area contributed by atoms with E-state index >= 15 is 4.39 Å². The van der Waals surface area contributed by atoms with Crippen LogP contribution in [0.4, 0.5) is 9.18 Å². The molecule has 0 radical (unpaired) electrons. The van der Waals surface area contributed by atoms with Crippen LogP contribution in [0.2, 0.25) is 0 Å². The van der Waals surface area contributed by atoms with Gasteiger partial charge in [0.05, 0.1) is 29.6 Å². The molecule has 0 aromatic heterocycles. The second-order valence-electron chi connectivity index (χ2n) is 14.7. The molecule has 0 amide bonds. The first-order chi connectivity index (χ1) is 22.0. The van der Waals surface area contributed by atoms with Gasteiger partial charge in [0.1, 0.15) is 23.8 Å². The number of carbonyl (C=O) groups excluding carboxylic acids is 5. The van der Waals surface area contributed by atoms with Gasteiger partial charge in [0.25, 0.3) is 0 Å². The van der Waals surface area contributed by atoms with Gasteiger partial charge in [0.15, 0.2) is 24.1 Å². The van der Waals surface area contributed by atoms with Gasteiger partial charge in [-0.05, 0) is 61.1 Å². The summed E-state index contributed by atoms with van der Waals surface area (Å²) in [6, 6.07) is -0.371. The molecule has 3 heterocycles. The molecular weight excluding hydrogens is 633 g/mol. The van der Waals surface area contributed by atoms with Gasteiger partial charge in [0.2, 0.25) is 5.67 Å². The van der Waals surface area contributed by atoms with Crippen molar-refractivity contribution in [2.75, 3.05) is 14.1 Å². The summed E-state index contributed by atoms with van der Waals surface area (Å²) >= 11 is 0. The summed E-state index contributed by atoms with van der Waals surface area (Å²) in [6.07, 6.45) is -9.26. The maximum Gasteiger partial charge on any atom is 0.509 e. The number of hydrogen-bond acceptors (Lipinski definition) is 13. The Kier molecular flexibility index (Phi) is 12.1. The maximum absolute atomic E-state index is 16.7. The molecular formula is C34H54FNO12. The number of ketones is 2. The fourth-order valence-electron chi connectivity index (χ4n) is 7.71. The summed E-state index contributed by atoms with van der Waals surface area (Å²) in [5, 5.41) is 11.6. The SMILES string of the molecule is CCC1OC(=O)[C@@](C)(F)C(O)[C@H](C)[C@@H](OC2O[C@H](C)C[C@H](N(C)C)[C@H]2OC(C)=O)[C@](C)(C(C)=O)C[C@@H](C)C(=O)[C@H](C)[C@H]2OC(=O)O[C@]12C. The number of carbonyl (C=O) groups is 5. The number of fused-ring (bicyclic) bond motifs is 1. The van der Waals surface area contributed by atoms with Crippen molar-refractivity contribution < 1.29 is 61.9 Å². The standard InChI is InChI=1S/C34H54FNO12/c1-13-23-34(10)28(47-31(42)48-34)18(4)24(39)16(2)15-32(8,20(6)37)27(19(5)26(40)33(9,35)30(41)45-23)46-29-25(44-21(7)38)22(36(11)12)14-17(3)43-29/h16-19,22-23,25-29,40H,13-15H2,1-12H3/t16-,17-,18+,19+,22+,23?,25-,26?,27-,28-,29?,32+,33+,34-/m1/s1. The van der Waals surface area contributed by atoms with Gasteiger partial charge in [-0.15, -0.1) is 0 Å². The Hall–Kier alpha value is -2.68. The molecule has 0 aliphatic carbocycles. The quantitative estimate of drug-likeness (QED) is 0.319. The summed E-state index contributed by atoms with van der Waals surface area (Å²) in [4.78, 5) is 67.9. The van der Waals surface area contributed by atoms with Gasteiger partial charge < -0.3 is 38.4 Å². The van der Waals surface area contributed by atoms with Crippen molar-refractivity contribution in [2.24, 2.45) is 23.2 Å². The van der Waals surface area contributed by atoms with Gasteiger partial charge in [-0.25, -0.2) is 14.0 Å². The molecule has 0 spiro atoms. The monoisotopic (exact) mass is 687 g/mol. The Morgan fingerprint density at radius 1 is 1.04 bits per heavy atom. The van der Waals surface area contributed by atoms with E-state index in [9.17, 15) is 29.1 Å². The van der Waals surface area contributed by atoms with Crippen LogP contribution in [0.15, 0.2) is 0 Å². The van der Waals surface area contributed by atoms with E-state index in [2.05, 4.69) is 0 Å². The van der Waals surface area contributed by atoms with Crippen LogP contribution in [0.25, 0.3) is 0 Å². The summed E-state index contributed by atoms with van der Waals surface area (Å²) < 4.78 is 51.6. The van der Waals surface area contributed by atoms with Crippen molar-refractivity contribution >= 4 is 29.7 Å². The minimum absolute atomic E-state index is 0.0590. The van der Waals surface area contributed by atoms with Gasteiger partial charge in [0, 0.05) is 18.8 Å². The molecule has 48 heavy (non-hydrogen) atoms. The summed E-state index contributed by atoms with van der Waals surface area (Å²) in [7, 11) is 3.61. The molecule has 14 atom stereocenters. The highest BCUT2D eigenvalue weighted by atomic mass is 19.1. The molecule has 0 bridgehead atoms. The fraction of sp³-hybridized carbons (Fsp3) is 0.853. The first-order valence-corrected chi connectivity index (χ1v) is 16.7. The largest absolute Gasteiger partial charge is 0.509 e. The van der Waals surface area contributed by atoms with Crippen LogP contribution in [-0.2, 0) is 47.6 Å². The van der Waals surface area contributed by atoms with E-state index in [1.807, 2.05) is 4.90 Å². The van der Waals surface area contributed by atoms with Gasteiger partial charge in [-0.1, -0.05) is 34.6 Å². The molecule has 0 aromatic rings. The van der Waals surface area contributed by atoms with Crippen molar-refractivity contribution in [1.82, 2.24) is 4.90 Å². The van der Waals surface area contributed by atoms with E-state index in [1.165, 1.54) is 27.7 Å². The molecule has 0 aromatic carbocycles. The van der Waals surface area contributed by atoms with Crippen LogP contribution >= 0.6 is 0 Å². The Bertz CT molecular complexity index is 1240. The molecule has 3 fully saturated rings. The molecule has 274 valence electrons. The molecule has 0 saturated carbocycles. The predicted octanol–water partition coefficient (Wildman–Crippen LogP) is 3.55. The summed E-state index contributed by atoms with van der Waals surface area (Å²) in [5.41, 5.74) is -6.30. The third kappa shape index (κ3) is 7.56. The third-order valence-electron chi connectivity index (χ3n) is 10.7. The highest BCUT2D eigenvalue weighted by Gasteiger charge is 2.61. The number of nitrogens with zero attached hydrogens (tertiary/aromatic N) is 1. The highest BCUT2D eigenvalue weighted by Crippen LogP contribution is 2.45. The third-order valence-corrected chi connectivity index (χ3v) is 10.7. The van der Waals surface area contributed by atoms with Gasteiger partial charge in [-0.3, -0.25) is 14.4 Å². The van der Waals surface area contributed by atoms with E-state index in [4.69, 9.17) is 28.4 Å². The van der Waals surface area contributed by atoms with Crippen molar-refractivity contribution in [3.63, 3.8) is 0 Å². The van der Waals surface area contributed by atoms with Gasteiger partial charge in [-0.2, -0.15) is 0 Å². The highest BCUT2D eigenvalue weighted by molar-refractivity contribution is 5.87. The zero-order valence-corrected chi connectivity index (χ0v) is 30.2. The Morgan fingerprint density at radius 2 is 1.65 bits per heavy atom. The Labute approximate surface area is 282 Å². The number of likely N-dealkylation sites (N-methyl/N-ethyl adjacent to an activating group) is 1. The molecule has 3 rings (SSSR count). The molecule has 3 aliphatic heterocycles. The average molecular weight is 688 g/mol. The minimum Gasteiger partial charge on any atom is -0.456 e. The molecule has 3 saturated heterocycles. The number of aliphatic hydroxyl groups excluding tert-OH is 1. The van der Waals surface area contributed by atoms with Crippen molar-refractivity contribution in [3.05, 3.63) is 0 Å². The number of halogens is 1. The number of aliphatic hydroxyl groups is 1. The van der Waals surface area contributed by atoms with E-state index in [1.54, 1.807) is 48.7 Å². The summed E-state index contributed by atoms with van der Waals surface area (Å²) in [5.74, 6) is -6.00. The first-order valence-electron chi connectivity index (χ1n) is 16.7. The van der Waals surface area contributed by atoms with Crippen molar-refractivity contribution in [3.8, 4) is 0 Å². The maximum atomic E-state index is 16.7. The number of rotatable bonds is 6. The number of hydrogen-bond donors (Lipinski definition) is 1. The molecule has 14 heteroatoms. The van der Waals surface area contributed by atoms with Crippen LogP contribution < -0.4 is 0 Å². The zero-order chi connectivity index (χ0) is 36.7. The molecule has 3 unspecified atom stereocenters. The lowest BCUT2D eigenvalue weighted by Crippen LogP contribution is -2.61. The van der Waals surface area contributed by atoms with Crippen LogP contribution in [-0.4, -0.2) is 114 Å². The van der Waals surface area contributed by atoms with Crippen LogP contribution in [0.5, 0.6) is 0 Å². The predicted molar refractivity (Wildman–Crippen MR) is 168 cm³/mol. The molecule has 3 aliphatic rings. The van der Waals surface area contributed by atoms with Crippen LogP contribution in [0.3, 0.4) is 0 Å². The second-order valence-corrected chi connectivity index (χ2v) is 14.7. The second kappa shape index (κ2) is 14.7. The lowest BCUT2D eigenvalue weighted by Gasteiger charge is -2.48. The van der Waals surface area contributed by atoms with Gasteiger partial charge >= 0.3 is 18.1 Å². The normalized spacial score (nSPS) is 44.6. The van der Waals surface area contributed by atoms with Crippen LogP contribution in [0.1, 0.15) is 88.5 Å². The van der Waals surface area contributed by atoms with E-state index in [0.29, 0.717) is 6.42 Å². The average Bonchev–Trinajstić information content (AvgIpc) is 3.30. The van der Waals surface area contributed by atoms with E-state index in [-0.39, 0.29) is 24.7 Å². The summed E-state index contributed by atoms with van der Waals surface area (Å²) in [6.45, 7) is 14.5. The fourth-order valence-corrected chi connectivity index (χ4v) is 7.71. The Morgan fingerprint density at radius 3 is 2.17 bits per heavy atom. The number of cyclic esters (lactones) is 1. The molecule has 13 nitrogen and oxygen atoms in total.